The molecule has 0 aliphatic heterocycles. The van der Waals surface area contributed by atoms with Gasteiger partial charge in [0.05, 0.1) is 5.02 Å². The summed E-state index contributed by atoms with van der Waals surface area (Å²) in [5.41, 5.74) is 1.09. The van der Waals surface area contributed by atoms with Crippen LogP contribution in [0.1, 0.15) is 18.9 Å². The Morgan fingerprint density at radius 1 is 1.56 bits per heavy atom. The molecule has 0 aromatic carbocycles. The predicted molar refractivity (Wildman–Crippen MR) is 82.9 cm³/mol. The van der Waals surface area contributed by atoms with E-state index in [2.05, 4.69) is 41.5 Å². The van der Waals surface area contributed by atoms with Crippen LogP contribution in [0.4, 0.5) is 5.82 Å². The second-order valence-corrected chi connectivity index (χ2v) is 5.80. The summed E-state index contributed by atoms with van der Waals surface area (Å²) in [7, 11) is 4.01. The van der Waals surface area contributed by atoms with E-state index in [0.717, 1.165) is 29.4 Å². The number of nitrogens with one attached hydrogen (secondary N) is 1. The molecule has 1 N–H and O–H groups in total. The Bertz CT molecular complexity index is 373. The minimum Gasteiger partial charge on any atom is -0.357 e. The highest BCUT2D eigenvalue weighted by atomic mass is 35.5. The van der Waals surface area contributed by atoms with Crippen LogP contribution in [0.25, 0.3) is 0 Å². The van der Waals surface area contributed by atoms with Crippen molar-refractivity contribution >= 4 is 29.2 Å². The largest absolute Gasteiger partial charge is 0.357 e. The fourth-order valence-corrected chi connectivity index (χ4v) is 2.44. The maximum absolute atomic E-state index is 6.12. The molecule has 1 aromatic heterocycles. The normalized spacial score (nSPS) is 12.5. The molecule has 1 unspecified atom stereocenters. The van der Waals surface area contributed by atoms with Crippen molar-refractivity contribution < 1.29 is 0 Å². The smallest absolute Gasteiger partial charge is 0.128 e. The Hall–Kier alpha value is -0.450. The molecule has 1 rings (SSSR count). The van der Waals surface area contributed by atoms with Crippen molar-refractivity contribution in [1.82, 2.24) is 10.3 Å². The van der Waals surface area contributed by atoms with Gasteiger partial charge in [-0.05, 0) is 44.0 Å². The number of halogens is 1. The van der Waals surface area contributed by atoms with E-state index in [-0.39, 0.29) is 0 Å². The SMILES string of the molecule is CNCc1cc(N(C)C(C)CCSC)ncc1Cl. The fraction of sp³-hybridized carbons (Fsp3) is 0.615. The average molecular weight is 288 g/mol. The molecule has 0 fully saturated rings. The molecule has 0 aliphatic rings. The summed E-state index contributed by atoms with van der Waals surface area (Å²) in [4.78, 5) is 6.62. The highest BCUT2D eigenvalue weighted by molar-refractivity contribution is 7.98. The van der Waals surface area contributed by atoms with Crippen LogP contribution in [0.15, 0.2) is 12.3 Å². The van der Waals surface area contributed by atoms with E-state index in [1.165, 1.54) is 5.75 Å². The summed E-state index contributed by atoms with van der Waals surface area (Å²) < 4.78 is 0. The van der Waals surface area contributed by atoms with Crippen LogP contribution in [0.5, 0.6) is 0 Å². The Morgan fingerprint density at radius 2 is 2.28 bits per heavy atom. The lowest BCUT2D eigenvalue weighted by atomic mass is 10.2. The van der Waals surface area contributed by atoms with E-state index in [0.29, 0.717) is 6.04 Å². The monoisotopic (exact) mass is 287 g/mol. The van der Waals surface area contributed by atoms with Crippen molar-refractivity contribution in [3.63, 3.8) is 0 Å². The Labute approximate surface area is 119 Å². The minimum absolute atomic E-state index is 0.480. The number of aromatic nitrogens is 1. The Balaban J connectivity index is 2.78. The minimum atomic E-state index is 0.480. The van der Waals surface area contributed by atoms with Gasteiger partial charge in [-0.2, -0.15) is 11.8 Å². The number of nitrogens with zero attached hydrogens (tertiary/aromatic N) is 2. The first-order chi connectivity index (χ1) is 8.60. The maximum atomic E-state index is 6.12. The van der Waals surface area contributed by atoms with Gasteiger partial charge in [0.1, 0.15) is 5.82 Å². The van der Waals surface area contributed by atoms with Crippen LogP contribution in [0, 0.1) is 0 Å². The molecule has 0 aliphatic carbocycles. The third-order valence-corrected chi connectivity index (χ3v) is 4.03. The molecule has 0 radical (unpaired) electrons. The molecule has 1 atom stereocenters. The lowest BCUT2D eigenvalue weighted by molar-refractivity contribution is 0.661. The van der Waals surface area contributed by atoms with Gasteiger partial charge < -0.3 is 10.2 Å². The highest BCUT2D eigenvalue weighted by Crippen LogP contribution is 2.21. The van der Waals surface area contributed by atoms with Gasteiger partial charge in [0, 0.05) is 25.8 Å². The van der Waals surface area contributed by atoms with Crippen molar-refractivity contribution in [2.75, 3.05) is 31.0 Å². The maximum Gasteiger partial charge on any atom is 0.128 e. The van der Waals surface area contributed by atoms with Crippen LogP contribution in [0.2, 0.25) is 5.02 Å². The first-order valence-electron chi connectivity index (χ1n) is 6.11. The van der Waals surface area contributed by atoms with Crippen molar-refractivity contribution in [1.29, 1.82) is 0 Å². The predicted octanol–water partition coefficient (Wildman–Crippen LogP) is 3.03. The van der Waals surface area contributed by atoms with Gasteiger partial charge >= 0.3 is 0 Å². The van der Waals surface area contributed by atoms with Crippen LogP contribution >= 0.6 is 23.4 Å². The summed E-state index contributed by atoms with van der Waals surface area (Å²) in [5.74, 6) is 2.15. The van der Waals surface area contributed by atoms with Crippen molar-refractivity contribution in [3.8, 4) is 0 Å². The fourth-order valence-electron chi connectivity index (χ4n) is 1.69. The van der Waals surface area contributed by atoms with Gasteiger partial charge in [0.2, 0.25) is 0 Å². The van der Waals surface area contributed by atoms with Gasteiger partial charge in [-0.1, -0.05) is 11.6 Å². The molecular formula is C13H22ClN3S. The van der Waals surface area contributed by atoms with Gasteiger partial charge in [-0.3, -0.25) is 0 Å². The van der Waals surface area contributed by atoms with Crippen LogP contribution < -0.4 is 10.2 Å². The lowest BCUT2D eigenvalue weighted by Gasteiger charge is -2.26. The summed E-state index contributed by atoms with van der Waals surface area (Å²) in [6, 6.07) is 2.54. The van der Waals surface area contributed by atoms with E-state index < -0.39 is 0 Å². The Morgan fingerprint density at radius 3 is 2.89 bits per heavy atom. The molecule has 0 saturated heterocycles. The van der Waals surface area contributed by atoms with Crippen LogP contribution in [0.3, 0.4) is 0 Å². The third-order valence-electron chi connectivity index (χ3n) is 3.05. The van der Waals surface area contributed by atoms with E-state index in [9.17, 15) is 0 Å². The molecule has 3 nitrogen and oxygen atoms in total. The molecular weight excluding hydrogens is 266 g/mol. The molecule has 18 heavy (non-hydrogen) atoms. The molecule has 0 saturated carbocycles. The second kappa shape index (κ2) is 7.87. The molecule has 0 spiro atoms. The Kier molecular flexibility index (Phi) is 6.82. The zero-order chi connectivity index (χ0) is 13.5. The van der Waals surface area contributed by atoms with E-state index in [1.54, 1.807) is 6.20 Å². The summed E-state index contributed by atoms with van der Waals surface area (Å²) >= 11 is 8.00. The van der Waals surface area contributed by atoms with Crippen LogP contribution in [-0.4, -0.2) is 37.1 Å². The number of rotatable bonds is 7. The van der Waals surface area contributed by atoms with Gasteiger partial charge in [-0.15, -0.1) is 0 Å². The molecule has 1 heterocycles. The molecule has 0 bridgehead atoms. The number of anilines is 1. The van der Waals surface area contributed by atoms with Crippen molar-refractivity contribution in [3.05, 3.63) is 22.8 Å². The number of hydrogen-bond acceptors (Lipinski definition) is 4. The number of thioether (sulfide) groups is 1. The molecule has 1 aromatic rings. The molecule has 0 amide bonds. The summed E-state index contributed by atoms with van der Waals surface area (Å²) in [6.07, 6.45) is 5.03. The van der Waals surface area contributed by atoms with Crippen molar-refractivity contribution in [2.24, 2.45) is 0 Å². The van der Waals surface area contributed by atoms with E-state index >= 15 is 0 Å². The third kappa shape index (κ3) is 4.34. The van der Waals surface area contributed by atoms with Crippen LogP contribution in [-0.2, 0) is 6.54 Å². The van der Waals surface area contributed by atoms with E-state index in [1.807, 2.05) is 18.8 Å². The highest BCUT2D eigenvalue weighted by Gasteiger charge is 2.12. The first-order valence-corrected chi connectivity index (χ1v) is 7.88. The summed E-state index contributed by atoms with van der Waals surface area (Å²) in [6.45, 7) is 2.99. The van der Waals surface area contributed by atoms with Gasteiger partial charge in [0.25, 0.3) is 0 Å². The first kappa shape index (κ1) is 15.6. The number of hydrogen-bond donors (Lipinski definition) is 1. The zero-order valence-corrected chi connectivity index (χ0v) is 13.1. The topological polar surface area (TPSA) is 28.2 Å². The standard InChI is InChI=1S/C13H22ClN3S/c1-10(5-6-18-4)17(3)13-7-11(8-15-2)12(14)9-16-13/h7,9-10,15H,5-6,8H2,1-4H3. The zero-order valence-electron chi connectivity index (χ0n) is 11.5. The molecule has 102 valence electrons. The molecule has 5 heteroatoms. The second-order valence-electron chi connectivity index (χ2n) is 4.41. The summed E-state index contributed by atoms with van der Waals surface area (Å²) in [5, 5.41) is 3.84. The van der Waals surface area contributed by atoms with Crippen molar-refractivity contribution in [2.45, 2.75) is 25.9 Å². The van der Waals surface area contributed by atoms with E-state index in [4.69, 9.17) is 11.6 Å². The quantitative estimate of drug-likeness (QED) is 0.834. The lowest BCUT2D eigenvalue weighted by Crippen LogP contribution is -2.30. The van der Waals surface area contributed by atoms with Gasteiger partial charge in [0.15, 0.2) is 0 Å². The van der Waals surface area contributed by atoms with Gasteiger partial charge in [-0.25, -0.2) is 4.98 Å². The average Bonchev–Trinajstić information content (AvgIpc) is 2.38. The number of pyridine rings is 1.